The molecule has 36 heavy (non-hydrogen) atoms. The molecule has 216 valence electrons. The monoisotopic (exact) mass is 599 g/mol. The number of hydrogen-bond acceptors (Lipinski definition) is 4. The molecule has 0 aromatic heterocycles. The van der Waals surface area contributed by atoms with Crippen molar-refractivity contribution in [1.82, 2.24) is 5.06 Å². The molecule has 0 aliphatic rings. The van der Waals surface area contributed by atoms with Gasteiger partial charge in [-0.2, -0.15) is 84.0 Å². The molecule has 5 nitrogen and oxygen atoms in total. The fourth-order valence-corrected chi connectivity index (χ4v) is 2.69. The predicted octanol–water partition coefficient (Wildman–Crippen LogP) is 5.35. The first-order chi connectivity index (χ1) is 15.5. The van der Waals surface area contributed by atoms with Gasteiger partial charge in [-0.05, 0) is 6.42 Å². The number of carboxylic acids is 1. The summed E-state index contributed by atoms with van der Waals surface area (Å²) in [6.45, 7) is -1.44. The minimum absolute atomic E-state index is 0.338. The van der Waals surface area contributed by atoms with Gasteiger partial charge in [0.15, 0.2) is 0 Å². The molecule has 0 rings (SSSR count). The zero-order valence-electron chi connectivity index (χ0n) is 16.6. The van der Waals surface area contributed by atoms with Crippen molar-refractivity contribution in [3.63, 3.8) is 0 Å². The molecular weight excluding hydrogens is 589 g/mol. The second-order valence-corrected chi connectivity index (χ2v) is 7.66. The Labute approximate surface area is 189 Å². The number of aliphatic carboxylic acids is 1. The lowest BCUT2D eigenvalue weighted by atomic mass is 9.91. The SMILES string of the molecule is CCCN(CC(=O)O)OS(=O)C(F)(F)C(F)(F)C(F)(F)C(F)(F)C(F)(F)C(F)(F)C(F)(F)C(F)(F)F. The van der Waals surface area contributed by atoms with Gasteiger partial charge in [-0.3, -0.25) is 4.79 Å². The molecule has 0 heterocycles. The highest BCUT2D eigenvalue weighted by atomic mass is 32.2. The minimum atomic E-state index is -8.82. The van der Waals surface area contributed by atoms with Crippen LogP contribution in [0.1, 0.15) is 13.3 Å². The number of rotatable bonds is 13. The van der Waals surface area contributed by atoms with E-state index in [4.69, 9.17) is 5.11 Å². The molecule has 1 N–H and O–H groups in total. The van der Waals surface area contributed by atoms with Crippen LogP contribution in [0, 0.1) is 0 Å². The van der Waals surface area contributed by atoms with E-state index in [1.165, 1.54) is 0 Å². The molecule has 0 aromatic carbocycles. The maximum absolute atomic E-state index is 13.7. The van der Waals surface area contributed by atoms with Crippen LogP contribution in [0.3, 0.4) is 0 Å². The van der Waals surface area contributed by atoms with Crippen LogP contribution in [-0.4, -0.2) is 80.4 Å². The highest BCUT2D eigenvalue weighted by Crippen LogP contribution is 2.64. The molecule has 23 heteroatoms. The second-order valence-electron chi connectivity index (χ2n) is 6.53. The normalized spacial score (nSPS) is 16.4. The summed E-state index contributed by atoms with van der Waals surface area (Å²) in [4.78, 5) is 10.5. The van der Waals surface area contributed by atoms with Crippen LogP contribution in [0.15, 0.2) is 0 Å². The third-order valence-corrected chi connectivity index (χ3v) is 4.88. The van der Waals surface area contributed by atoms with Crippen LogP contribution in [0.4, 0.5) is 74.6 Å². The third kappa shape index (κ3) is 5.18. The second kappa shape index (κ2) is 9.91. The van der Waals surface area contributed by atoms with Crippen molar-refractivity contribution in [2.75, 3.05) is 13.1 Å². The van der Waals surface area contributed by atoms with Crippen molar-refractivity contribution in [2.24, 2.45) is 0 Å². The maximum atomic E-state index is 13.7. The Morgan fingerprint density at radius 1 is 0.694 bits per heavy atom. The number of carbonyl (C=O) groups is 1. The van der Waals surface area contributed by atoms with Gasteiger partial charge in [0, 0.05) is 6.54 Å². The average molecular weight is 599 g/mol. The highest BCUT2D eigenvalue weighted by Gasteiger charge is 2.95. The Bertz CT molecular complexity index is 828. The topological polar surface area (TPSA) is 66.8 Å². The first-order valence-corrected chi connectivity index (χ1v) is 9.38. The van der Waals surface area contributed by atoms with Crippen LogP contribution in [-0.2, 0) is 20.2 Å². The molecule has 0 saturated carbocycles. The molecule has 1 unspecified atom stereocenters. The first kappa shape index (κ1) is 34.4. The summed E-state index contributed by atoms with van der Waals surface area (Å²) in [7, 11) is 0. The molecule has 0 aromatic rings. The van der Waals surface area contributed by atoms with E-state index in [1.807, 2.05) is 0 Å². The molecule has 1 atom stereocenters. The van der Waals surface area contributed by atoms with E-state index in [1.54, 1.807) is 0 Å². The molecule has 0 radical (unpaired) electrons. The zero-order valence-corrected chi connectivity index (χ0v) is 17.4. The van der Waals surface area contributed by atoms with Crippen LogP contribution < -0.4 is 0 Å². The Morgan fingerprint density at radius 3 is 1.33 bits per heavy atom. The van der Waals surface area contributed by atoms with Gasteiger partial charge in [0.05, 0.1) is 0 Å². The van der Waals surface area contributed by atoms with Crippen LogP contribution >= 0.6 is 0 Å². The Morgan fingerprint density at radius 2 is 1.03 bits per heavy atom. The summed E-state index contributed by atoms with van der Waals surface area (Å²) in [6.07, 6.45) is -8.21. The Kier molecular flexibility index (Phi) is 9.45. The molecule has 0 saturated heterocycles. The standard InChI is InChI=1S/C13H10F17NO4S/c1-2-3-31(4-5(32)33)35-36(34)13(29,30)11(24,25)9(20,21)7(16,17)6(14,15)8(18,19)10(22,23)12(26,27)28/h2-4H2,1H3,(H,32,33). The quantitative estimate of drug-likeness (QED) is 0.229. The van der Waals surface area contributed by atoms with E-state index in [0.29, 0.717) is 0 Å². The lowest BCUT2D eigenvalue weighted by molar-refractivity contribution is -0.458. The minimum Gasteiger partial charge on any atom is -0.480 e. The number of alkyl halides is 17. The van der Waals surface area contributed by atoms with E-state index < -0.39 is 82.2 Å². The fraction of sp³-hybridized carbons (Fsp3) is 0.923. The van der Waals surface area contributed by atoms with Gasteiger partial charge in [-0.1, -0.05) is 6.92 Å². The summed E-state index contributed by atoms with van der Waals surface area (Å²) in [6, 6.07) is 0. The van der Waals surface area contributed by atoms with Crippen molar-refractivity contribution in [1.29, 1.82) is 0 Å². The van der Waals surface area contributed by atoms with Gasteiger partial charge in [0.1, 0.15) is 6.54 Å². The number of halogens is 17. The summed E-state index contributed by atoms with van der Waals surface area (Å²) in [5, 5.41) is 0.711. The van der Waals surface area contributed by atoms with Crippen LogP contribution in [0.5, 0.6) is 0 Å². The van der Waals surface area contributed by atoms with Gasteiger partial charge in [-0.25, -0.2) is 4.21 Å². The Balaban J connectivity index is 6.63. The fourth-order valence-electron chi connectivity index (χ4n) is 1.94. The summed E-state index contributed by atoms with van der Waals surface area (Å²) < 4.78 is 238. The van der Waals surface area contributed by atoms with E-state index in [2.05, 4.69) is 4.28 Å². The summed E-state index contributed by atoms with van der Waals surface area (Å²) >= 11 is -5.40. The summed E-state index contributed by atoms with van der Waals surface area (Å²) in [5.74, 6) is -53.5. The molecular formula is C13H10F17NO4S. The number of hydroxylamine groups is 2. The molecule has 0 aliphatic heterocycles. The predicted molar refractivity (Wildman–Crippen MR) is 79.4 cm³/mol. The lowest BCUT2D eigenvalue weighted by Crippen LogP contribution is -2.74. The third-order valence-electron chi connectivity index (χ3n) is 3.86. The van der Waals surface area contributed by atoms with E-state index in [9.17, 15) is 83.6 Å². The van der Waals surface area contributed by atoms with Crippen molar-refractivity contribution >= 4 is 17.0 Å². The maximum Gasteiger partial charge on any atom is 0.460 e. The van der Waals surface area contributed by atoms with Crippen molar-refractivity contribution in [2.45, 2.75) is 60.3 Å². The highest BCUT2D eigenvalue weighted by molar-refractivity contribution is 7.81. The van der Waals surface area contributed by atoms with Crippen molar-refractivity contribution in [3.8, 4) is 0 Å². The van der Waals surface area contributed by atoms with Gasteiger partial charge in [-0.15, -0.1) is 0 Å². The Hall–Kier alpha value is -1.65. The van der Waals surface area contributed by atoms with Gasteiger partial charge < -0.3 is 5.11 Å². The van der Waals surface area contributed by atoms with E-state index in [-0.39, 0.29) is 6.42 Å². The average Bonchev–Trinajstić information content (AvgIpc) is 2.65. The largest absolute Gasteiger partial charge is 0.480 e. The molecule has 0 fully saturated rings. The molecule has 0 amide bonds. The van der Waals surface area contributed by atoms with Gasteiger partial charge >= 0.3 is 52.9 Å². The van der Waals surface area contributed by atoms with E-state index >= 15 is 0 Å². The van der Waals surface area contributed by atoms with Gasteiger partial charge in [0.2, 0.25) is 0 Å². The van der Waals surface area contributed by atoms with Crippen LogP contribution in [0.25, 0.3) is 0 Å². The van der Waals surface area contributed by atoms with Crippen LogP contribution in [0.2, 0.25) is 0 Å². The molecule has 0 bridgehead atoms. The summed E-state index contributed by atoms with van der Waals surface area (Å²) in [5.41, 5.74) is 0. The number of carboxylic acid groups (broad SMARTS) is 1. The number of nitrogens with zero attached hydrogens (tertiary/aromatic N) is 1. The molecule has 0 spiro atoms. The first-order valence-electron chi connectivity index (χ1n) is 8.30. The van der Waals surface area contributed by atoms with Crippen molar-refractivity contribution in [3.05, 3.63) is 0 Å². The lowest BCUT2D eigenvalue weighted by Gasteiger charge is -2.42. The van der Waals surface area contributed by atoms with Gasteiger partial charge in [0.25, 0.3) is 11.1 Å². The zero-order chi connectivity index (χ0) is 29.6. The smallest absolute Gasteiger partial charge is 0.460 e. The van der Waals surface area contributed by atoms with Crippen molar-refractivity contribution < 1.29 is 93.0 Å². The molecule has 0 aliphatic carbocycles. The van der Waals surface area contributed by atoms with E-state index in [0.717, 1.165) is 6.92 Å². The number of hydrogen-bond donors (Lipinski definition) is 1.